The van der Waals surface area contributed by atoms with Crippen molar-refractivity contribution < 1.29 is 22.7 Å². The molecule has 8 nitrogen and oxygen atoms in total. The summed E-state index contributed by atoms with van der Waals surface area (Å²) in [4.78, 5) is 17.4. The summed E-state index contributed by atoms with van der Waals surface area (Å²) in [6.07, 6.45) is 3.60. The number of hydrogen-bond acceptors (Lipinski definition) is 7. The molecule has 1 unspecified atom stereocenters. The molecule has 0 spiro atoms. The highest BCUT2D eigenvalue weighted by Gasteiger charge is 2.32. The SMILES string of the molecule is CCC1CCCCN1S(=O)(=O)c1ccc(C(=O)Nc2nc3cc(OC)c(OC)cc3s2)cc1. The number of fused-ring (bicyclic) bond motifs is 1. The maximum atomic E-state index is 13.1. The molecule has 0 bridgehead atoms. The van der Waals surface area contributed by atoms with E-state index >= 15 is 0 Å². The van der Waals surface area contributed by atoms with Crippen molar-refractivity contribution in [3.05, 3.63) is 42.0 Å². The van der Waals surface area contributed by atoms with Gasteiger partial charge >= 0.3 is 0 Å². The van der Waals surface area contributed by atoms with E-state index in [1.165, 1.54) is 35.6 Å². The lowest BCUT2D eigenvalue weighted by Gasteiger charge is -2.34. The molecule has 10 heteroatoms. The predicted octanol–water partition coefficient (Wildman–Crippen LogP) is 4.52. The number of amides is 1. The van der Waals surface area contributed by atoms with Gasteiger partial charge in [0.2, 0.25) is 10.0 Å². The van der Waals surface area contributed by atoms with Gasteiger partial charge in [0, 0.05) is 30.3 Å². The first-order valence-corrected chi connectivity index (χ1v) is 13.1. The number of thiazole rings is 1. The van der Waals surface area contributed by atoms with Crippen LogP contribution in [0.1, 0.15) is 43.0 Å². The maximum absolute atomic E-state index is 13.1. The van der Waals surface area contributed by atoms with E-state index in [1.54, 1.807) is 24.6 Å². The first kappa shape index (κ1) is 23.5. The zero-order valence-corrected chi connectivity index (χ0v) is 20.5. The van der Waals surface area contributed by atoms with Crippen molar-refractivity contribution in [2.24, 2.45) is 0 Å². The number of piperidine rings is 1. The molecule has 3 aromatic rings. The quantitative estimate of drug-likeness (QED) is 0.524. The summed E-state index contributed by atoms with van der Waals surface area (Å²) < 4.78 is 39.3. The molecular formula is C23H27N3O5S2. The summed E-state index contributed by atoms with van der Waals surface area (Å²) in [5.41, 5.74) is 1.04. The minimum Gasteiger partial charge on any atom is -0.493 e. The third-order valence-electron chi connectivity index (χ3n) is 5.88. The molecule has 1 aliphatic rings. The van der Waals surface area contributed by atoms with Crippen molar-refractivity contribution in [3.8, 4) is 11.5 Å². The fourth-order valence-electron chi connectivity index (χ4n) is 4.09. The number of nitrogens with zero attached hydrogens (tertiary/aromatic N) is 2. The zero-order valence-electron chi connectivity index (χ0n) is 18.8. The minimum absolute atomic E-state index is 0.0306. The van der Waals surface area contributed by atoms with Crippen molar-refractivity contribution >= 4 is 42.6 Å². The molecule has 1 saturated heterocycles. The average Bonchev–Trinajstić information content (AvgIpc) is 3.23. The summed E-state index contributed by atoms with van der Waals surface area (Å²) in [6, 6.07) is 9.66. The van der Waals surface area contributed by atoms with Crippen LogP contribution in [0.15, 0.2) is 41.3 Å². The molecule has 1 amide bonds. The molecule has 0 saturated carbocycles. The van der Waals surface area contributed by atoms with Crippen LogP contribution in [0.4, 0.5) is 5.13 Å². The third-order valence-corrected chi connectivity index (χ3v) is 8.78. The van der Waals surface area contributed by atoms with Gasteiger partial charge in [0.25, 0.3) is 5.91 Å². The number of rotatable bonds is 7. The average molecular weight is 490 g/mol. The Labute approximate surface area is 197 Å². The van der Waals surface area contributed by atoms with Gasteiger partial charge < -0.3 is 9.47 Å². The number of nitrogens with one attached hydrogen (secondary N) is 1. The second-order valence-corrected chi connectivity index (χ2v) is 10.8. The predicted molar refractivity (Wildman–Crippen MR) is 129 cm³/mol. The fraction of sp³-hybridized carbons (Fsp3) is 0.391. The smallest absolute Gasteiger partial charge is 0.257 e. The number of hydrogen-bond donors (Lipinski definition) is 1. The molecule has 1 N–H and O–H groups in total. The number of sulfonamides is 1. The van der Waals surface area contributed by atoms with E-state index < -0.39 is 10.0 Å². The number of benzene rings is 2. The van der Waals surface area contributed by atoms with Gasteiger partial charge in [-0.25, -0.2) is 13.4 Å². The summed E-state index contributed by atoms with van der Waals surface area (Å²) in [6.45, 7) is 2.55. The second-order valence-electron chi connectivity index (χ2n) is 7.85. The molecule has 2 heterocycles. The van der Waals surface area contributed by atoms with E-state index in [4.69, 9.17) is 9.47 Å². The molecule has 1 aromatic heterocycles. The molecule has 0 aliphatic carbocycles. The Kier molecular flexibility index (Phi) is 6.87. The standard InChI is InChI=1S/C23H27N3O5S2/c1-4-16-7-5-6-12-26(16)33(28,29)17-10-8-15(9-11-17)22(27)25-23-24-18-13-19(30-2)20(31-3)14-21(18)32-23/h8-11,13-14,16H,4-7,12H2,1-3H3,(H,24,25,27). The largest absolute Gasteiger partial charge is 0.493 e. The molecular weight excluding hydrogens is 462 g/mol. The Balaban J connectivity index is 1.52. The third kappa shape index (κ3) is 4.68. The van der Waals surface area contributed by atoms with Gasteiger partial charge in [-0.1, -0.05) is 24.7 Å². The molecule has 176 valence electrons. The highest BCUT2D eigenvalue weighted by atomic mass is 32.2. The van der Waals surface area contributed by atoms with Gasteiger partial charge in [0.15, 0.2) is 16.6 Å². The van der Waals surface area contributed by atoms with Crippen molar-refractivity contribution in [1.82, 2.24) is 9.29 Å². The number of methoxy groups -OCH3 is 2. The zero-order chi connectivity index (χ0) is 23.6. The van der Waals surface area contributed by atoms with Crippen LogP contribution >= 0.6 is 11.3 Å². The van der Waals surface area contributed by atoms with Crippen LogP contribution < -0.4 is 14.8 Å². The fourth-order valence-corrected chi connectivity index (χ4v) is 6.73. The lowest BCUT2D eigenvalue weighted by molar-refractivity contribution is 0.102. The Morgan fingerprint density at radius 3 is 2.52 bits per heavy atom. The molecule has 2 aromatic carbocycles. The van der Waals surface area contributed by atoms with Crippen LogP contribution in [0.25, 0.3) is 10.2 Å². The van der Waals surface area contributed by atoms with E-state index in [9.17, 15) is 13.2 Å². The Morgan fingerprint density at radius 1 is 1.15 bits per heavy atom. The van der Waals surface area contributed by atoms with Crippen molar-refractivity contribution in [2.45, 2.75) is 43.5 Å². The molecule has 4 rings (SSSR count). The second kappa shape index (κ2) is 9.66. The molecule has 1 atom stereocenters. The van der Waals surface area contributed by atoms with Crippen LogP contribution in [0.3, 0.4) is 0 Å². The lowest BCUT2D eigenvalue weighted by Crippen LogP contribution is -2.43. The molecule has 1 fully saturated rings. The van der Waals surface area contributed by atoms with Gasteiger partial charge in [0.1, 0.15) is 0 Å². The molecule has 33 heavy (non-hydrogen) atoms. The summed E-state index contributed by atoms with van der Waals surface area (Å²) in [5.74, 6) is 0.785. The number of anilines is 1. The number of carbonyl (C=O) groups excluding carboxylic acids is 1. The van der Waals surface area contributed by atoms with Crippen LogP contribution in [0.2, 0.25) is 0 Å². The van der Waals surface area contributed by atoms with Gasteiger partial charge in [-0.3, -0.25) is 10.1 Å². The maximum Gasteiger partial charge on any atom is 0.257 e. The molecule has 0 radical (unpaired) electrons. The van der Waals surface area contributed by atoms with Crippen molar-refractivity contribution in [2.75, 3.05) is 26.1 Å². The number of ether oxygens (including phenoxy) is 2. The van der Waals surface area contributed by atoms with Gasteiger partial charge in [-0.2, -0.15) is 4.31 Å². The van der Waals surface area contributed by atoms with Crippen LogP contribution in [-0.2, 0) is 10.0 Å². The lowest BCUT2D eigenvalue weighted by atomic mass is 10.0. The minimum atomic E-state index is -3.59. The van der Waals surface area contributed by atoms with E-state index in [0.29, 0.717) is 34.3 Å². The summed E-state index contributed by atoms with van der Waals surface area (Å²) in [7, 11) is -0.475. The monoisotopic (exact) mass is 489 g/mol. The topological polar surface area (TPSA) is 97.8 Å². The number of aromatic nitrogens is 1. The molecule has 1 aliphatic heterocycles. The van der Waals surface area contributed by atoms with Gasteiger partial charge in [-0.15, -0.1) is 0 Å². The Hall–Kier alpha value is -2.69. The van der Waals surface area contributed by atoms with Crippen LogP contribution in [0, 0.1) is 0 Å². The first-order chi connectivity index (χ1) is 15.9. The van der Waals surface area contributed by atoms with Crippen LogP contribution in [0.5, 0.6) is 11.5 Å². The van der Waals surface area contributed by atoms with E-state index in [-0.39, 0.29) is 16.8 Å². The van der Waals surface area contributed by atoms with Crippen LogP contribution in [-0.4, -0.2) is 50.4 Å². The van der Waals surface area contributed by atoms with Crippen molar-refractivity contribution in [1.29, 1.82) is 0 Å². The summed E-state index contributed by atoms with van der Waals surface area (Å²) >= 11 is 1.32. The first-order valence-electron chi connectivity index (χ1n) is 10.8. The van der Waals surface area contributed by atoms with E-state index in [2.05, 4.69) is 10.3 Å². The van der Waals surface area contributed by atoms with E-state index in [1.807, 2.05) is 13.0 Å². The normalized spacial score (nSPS) is 17.1. The highest BCUT2D eigenvalue weighted by Crippen LogP contribution is 2.36. The number of carbonyl (C=O) groups is 1. The highest BCUT2D eigenvalue weighted by molar-refractivity contribution is 7.89. The Morgan fingerprint density at radius 2 is 1.85 bits per heavy atom. The van der Waals surface area contributed by atoms with Gasteiger partial charge in [0.05, 0.1) is 29.3 Å². The summed E-state index contributed by atoms with van der Waals surface area (Å²) in [5, 5.41) is 3.22. The van der Waals surface area contributed by atoms with Crippen molar-refractivity contribution in [3.63, 3.8) is 0 Å². The Bertz CT molecular complexity index is 1210. The van der Waals surface area contributed by atoms with Gasteiger partial charge in [-0.05, 0) is 43.5 Å². The van der Waals surface area contributed by atoms with E-state index in [0.717, 1.165) is 30.4 Å².